The molecule has 6 heteroatoms. The predicted octanol–water partition coefficient (Wildman–Crippen LogP) is 4.28. The molecule has 1 saturated carbocycles. The van der Waals surface area contributed by atoms with Gasteiger partial charge in [0, 0.05) is 49.3 Å². The molecule has 178 valence electrons. The number of fused-ring (bicyclic) bond motifs is 1. The molecule has 2 aliphatic heterocycles. The molecule has 2 atom stereocenters. The number of nitrogens with zero attached hydrogens (tertiary/aromatic N) is 2. The Bertz CT molecular complexity index is 1020. The quantitative estimate of drug-likeness (QED) is 0.630. The first-order chi connectivity index (χ1) is 16.7. The van der Waals surface area contributed by atoms with Crippen LogP contribution in [0.15, 0.2) is 54.4 Å². The van der Waals surface area contributed by atoms with Crippen molar-refractivity contribution in [1.82, 2.24) is 20.9 Å². The number of likely N-dealkylation sites (tertiary alicyclic amines) is 1. The van der Waals surface area contributed by atoms with Gasteiger partial charge in [-0.2, -0.15) is 5.26 Å². The maximum atomic E-state index is 12.7. The first kappa shape index (κ1) is 22.6. The van der Waals surface area contributed by atoms with Crippen molar-refractivity contribution in [3.63, 3.8) is 0 Å². The van der Waals surface area contributed by atoms with Crippen LogP contribution in [0.5, 0.6) is 0 Å². The van der Waals surface area contributed by atoms with Crippen LogP contribution in [-0.4, -0.2) is 42.6 Å². The summed E-state index contributed by atoms with van der Waals surface area (Å²) in [5.74, 6) is 0.705. The number of nitriles is 1. The lowest BCUT2D eigenvalue weighted by Gasteiger charge is -2.38. The summed E-state index contributed by atoms with van der Waals surface area (Å²) < 4.78 is 0. The smallest absolute Gasteiger partial charge is 0.317 e. The Morgan fingerprint density at radius 3 is 2.71 bits per heavy atom. The van der Waals surface area contributed by atoms with Crippen LogP contribution < -0.4 is 16.0 Å². The minimum atomic E-state index is 0.117. The fourth-order valence-electron chi connectivity index (χ4n) is 5.74. The summed E-state index contributed by atoms with van der Waals surface area (Å²) in [6.07, 6.45) is 16.8. The van der Waals surface area contributed by atoms with Gasteiger partial charge in [-0.3, -0.25) is 0 Å². The van der Waals surface area contributed by atoms with E-state index >= 15 is 0 Å². The summed E-state index contributed by atoms with van der Waals surface area (Å²) >= 11 is 0. The first-order valence-electron chi connectivity index (χ1n) is 12.9. The van der Waals surface area contributed by atoms with E-state index in [0.29, 0.717) is 29.5 Å². The number of rotatable bonds is 4. The molecule has 1 aromatic rings. The molecule has 3 N–H and O–H groups in total. The Morgan fingerprint density at radius 2 is 1.91 bits per heavy atom. The average Bonchev–Trinajstić information content (AvgIpc) is 2.89. The summed E-state index contributed by atoms with van der Waals surface area (Å²) in [7, 11) is 0. The largest absolute Gasteiger partial charge is 0.390 e. The Balaban J connectivity index is 1.23. The third kappa shape index (κ3) is 5.14. The van der Waals surface area contributed by atoms with Crippen LogP contribution in [0.1, 0.15) is 56.1 Å². The lowest BCUT2D eigenvalue weighted by Crippen LogP contribution is -2.51. The molecular weight excluding hydrogens is 422 g/mol. The highest BCUT2D eigenvalue weighted by Crippen LogP contribution is 2.35. The topological polar surface area (TPSA) is 80.2 Å². The number of amides is 2. The SMILES string of the molecule is N#Cc1cccc(C2=CC3C=CNCC3C(NC3CCN(C(=O)NC4CCCCC4)CC3)=C2)c1. The normalized spacial score (nSPS) is 25.3. The second-order valence-corrected chi connectivity index (χ2v) is 10.1. The van der Waals surface area contributed by atoms with Gasteiger partial charge in [-0.15, -0.1) is 0 Å². The second kappa shape index (κ2) is 10.4. The second-order valence-electron chi connectivity index (χ2n) is 10.1. The fraction of sp³-hybridized carbons (Fsp3) is 0.500. The number of carbonyl (C=O) groups excluding carboxylic acids is 1. The van der Waals surface area contributed by atoms with E-state index in [1.165, 1.54) is 25.0 Å². The highest BCUT2D eigenvalue weighted by Gasteiger charge is 2.31. The van der Waals surface area contributed by atoms with Crippen LogP contribution in [0, 0.1) is 23.2 Å². The van der Waals surface area contributed by atoms with Crippen molar-refractivity contribution < 1.29 is 4.79 Å². The van der Waals surface area contributed by atoms with Crippen LogP contribution in [0.25, 0.3) is 5.57 Å². The van der Waals surface area contributed by atoms with Gasteiger partial charge in [0.2, 0.25) is 0 Å². The zero-order valence-electron chi connectivity index (χ0n) is 19.8. The monoisotopic (exact) mass is 457 g/mol. The number of piperidine rings is 1. The van der Waals surface area contributed by atoms with Gasteiger partial charge in [-0.1, -0.05) is 43.5 Å². The predicted molar refractivity (Wildman–Crippen MR) is 134 cm³/mol. The van der Waals surface area contributed by atoms with Crippen molar-refractivity contribution in [3.05, 3.63) is 65.5 Å². The number of nitrogens with one attached hydrogen (secondary N) is 3. The van der Waals surface area contributed by atoms with E-state index in [1.807, 2.05) is 29.3 Å². The molecule has 0 bridgehead atoms. The number of benzene rings is 1. The summed E-state index contributed by atoms with van der Waals surface area (Å²) in [5, 5.41) is 19.8. The van der Waals surface area contributed by atoms with E-state index < -0.39 is 0 Å². The number of allylic oxidation sites excluding steroid dienone is 4. The Hall–Kier alpha value is -3.20. The van der Waals surface area contributed by atoms with Gasteiger partial charge in [-0.25, -0.2) is 4.79 Å². The zero-order chi connectivity index (χ0) is 23.3. The van der Waals surface area contributed by atoms with Crippen molar-refractivity contribution in [3.8, 4) is 6.07 Å². The van der Waals surface area contributed by atoms with Gasteiger partial charge >= 0.3 is 6.03 Å². The van der Waals surface area contributed by atoms with Crippen molar-refractivity contribution in [2.45, 2.75) is 57.0 Å². The maximum absolute atomic E-state index is 12.7. The molecule has 2 aliphatic carbocycles. The van der Waals surface area contributed by atoms with Gasteiger partial charge in [0.25, 0.3) is 0 Å². The first-order valence-corrected chi connectivity index (χ1v) is 12.9. The Kier molecular flexibility index (Phi) is 6.89. The van der Waals surface area contributed by atoms with Crippen LogP contribution >= 0.6 is 0 Å². The molecule has 6 nitrogen and oxygen atoms in total. The molecule has 1 aromatic carbocycles. The minimum absolute atomic E-state index is 0.117. The van der Waals surface area contributed by atoms with Gasteiger partial charge in [0.1, 0.15) is 0 Å². The molecule has 2 heterocycles. The third-order valence-electron chi connectivity index (χ3n) is 7.73. The molecule has 34 heavy (non-hydrogen) atoms. The van der Waals surface area contributed by atoms with Gasteiger partial charge < -0.3 is 20.9 Å². The van der Waals surface area contributed by atoms with Crippen molar-refractivity contribution >= 4 is 11.6 Å². The lowest BCUT2D eigenvalue weighted by molar-refractivity contribution is 0.170. The minimum Gasteiger partial charge on any atom is -0.390 e. The van der Waals surface area contributed by atoms with Crippen molar-refractivity contribution in [2.24, 2.45) is 11.8 Å². The van der Waals surface area contributed by atoms with E-state index in [0.717, 1.165) is 56.5 Å². The standard InChI is InChI=1S/C28H35N5O/c29-18-20-5-4-6-21(15-20)23-16-22-9-12-30-19-26(22)27(17-23)31-25-10-13-33(14-11-25)28(34)32-24-7-2-1-3-8-24/h4-6,9,12,15-17,22,24-26,30-31H,1-3,7-8,10-11,13-14,19H2,(H,32,34). The number of carbonyl (C=O) groups is 1. The van der Waals surface area contributed by atoms with Crippen molar-refractivity contribution in [2.75, 3.05) is 19.6 Å². The highest BCUT2D eigenvalue weighted by molar-refractivity contribution is 5.77. The van der Waals surface area contributed by atoms with Gasteiger partial charge in [-0.05, 0) is 61.2 Å². The lowest BCUT2D eigenvalue weighted by atomic mass is 9.79. The van der Waals surface area contributed by atoms with E-state index in [2.05, 4.69) is 46.3 Å². The van der Waals surface area contributed by atoms with Crippen LogP contribution in [-0.2, 0) is 0 Å². The summed E-state index contributed by atoms with van der Waals surface area (Å²) in [6, 6.07) is 10.9. The molecule has 4 aliphatic rings. The summed E-state index contributed by atoms with van der Waals surface area (Å²) in [4.78, 5) is 14.7. The Morgan fingerprint density at radius 1 is 1.09 bits per heavy atom. The zero-order valence-corrected chi connectivity index (χ0v) is 19.8. The highest BCUT2D eigenvalue weighted by atomic mass is 16.2. The molecule has 0 spiro atoms. The van der Waals surface area contributed by atoms with Gasteiger partial charge in [0.05, 0.1) is 11.6 Å². The molecular formula is C28H35N5O. The molecule has 2 fully saturated rings. The maximum Gasteiger partial charge on any atom is 0.317 e. The van der Waals surface area contributed by atoms with E-state index in [4.69, 9.17) is 0 Å². The average molecular weight is 458 g/mol. The van der Waals surface area contributed by atoms with Crippen LogP contribution in [0.4, 0.5) is 4.79 Å². The molecule has 5 rings (SSSR count). The van der Waals surface area contributed by atoms with E-state index in [1.54, 1.807) is 0 Å². The number of hydrogen-bond donors (Lipinski definition) is 3. The molecule has 0 aromatic heterocycles. The van der Waals surface area contributed by atoms with Crippen molar-refractivity contribution in [1.29, 1.82) is 5.26 Å². The molecule has 2 amide bonds. The Labute approximate surface area is 202 Å². The van der Waals surface area contributed by atoms with Gasteiger partial charge in [0.15, 0.2) is 0 Å². The van der Waals surface area contributed by atoms with Crippen LogP contribution in [0.3, 0.4) is 0 Å². The molecule has 1 saturated heterocycles. The van der Waals surface area contributed by atoms with E-state index in [-0.39, 0.29) is 6.03 Å². The van der Waals surface area contributed by atoms with Crippen LogP contribution in [0.2, 0.25) is 0 Å². The molecule has 2 unspecified atom stereocenters. The third-order valence-corrected chi connectivity index (χ3v) is 7.73. The number of hydrogen-bond acceptors (Lipinski definition) is 4. The number of urea groups is 1. The molecule has 0 radical (unpaired) electrons. The summed E-state index contributed by atoms with van der Waals surface area (Å²) in [5.41, 5.74) is 4.18. The van der Waals surface area contributed by atoms with E-state index in [9.17, 15) is 10.1 Å². The fourth-order valence-corrected chi connectivity index (χ4v) is 5.74. The summed E-state index contributed by atoms with van der Waals surface area (Å²) in [6.45, 7) is 2.50.